The van der Waals surface area contributed by atoms with Gasteiger partial charge >= 0.3 is 0 Å². The largest absolute Gasteiger partial charge is 0.375 e. The predicted molar refractivity (Wildman–Crippen MR) is 125 cm³/mol. The number of hydrogen-bond donors (Lipinski definition) is 0. The molecule has 0 spiro atoms. The second-order valence-electron chi connectivity index (χ2n) is 12.0. The summed E-state index contributed by atoms with van der Waals surface area (Å²) in [6, 6.07) is 0. The second kappa shape index (κ2) is 11.5. The molecule has 186 valence electrons. The van der Waals surface area contributed by atoms with Crippen molar-refractivity contribution in [2.45, 2.75) is 128 Å². The van der Waals surface area contributed by atoms with Crippen molar-refractivity contribution >= 4 is 0 Å². The highest BCUT2D eigenvalue weighted by atomic mass is 19.2. The lowest BCUT2D eigenvalue weighted by atomic mass is 9.63. The van der Waals surface area contributed by atoms with E-state index in [9.17, 15) is 0 Å². The number of halogens is 3. The first-order valence-electron chi connectivity index (χ1n) is 14.0. The molecule has 7 unspecified atom stereocenters. The van der Waals surface area contributed by atoms with Gasteiger partial charge in [-0.15, -0.1) is 0 Å². The van der Waals surface area contributed by atoms with Gasteiger partial charge in [-0.25, -0.2) is 13.2 Å². The van der Waals surface area contributed by atoms with Crippen LogP contribution in [0.25, 0.3) is 0 Å². The topological polar surface area (TPSA) is 9.23 Å². The van der Waals surface area contributed by atoms with Gasteiger partial charge in [-0.05, 0) is 93.3 Å². The Morgan fingerprint density at radius 1 is 0.688 bits per heavy atom. The minimum Gasteiger partial charge on any atom is -0.375 e. The van der Waals surface area contributed by atoms with Gasteiger partial charge in [0.1, 0.15) is 18.5 Å². The molecule has 0 aliphatic heterocycles. The first-order chi connectivity index (χ1) is 15.5. The van der Waals surface area contributed by atoms with E-state index in [1.54, 1.807) is 0 Å². The zero-order chi connectivity index (χ0) is 22.7. The van der Waals surface area contributed by atoms with Crippen molar-refractivity contribution in [2.24, 2.45) is 41.4 Å². The molecule has 0 aromatic rings. The van der Waals surface area contributed by atoms with Gasteiger partial charge in [0.2, 0.25) is 0 Å². The van der Waals surface area contributed by atoms with E-state index in [-0.39, 0.29) is 11.8 Å². The standard InChI is InChI=1S/C28H47F3O/c1-3-16-32-24-15-14-22-17-23(26(29)28(31)25(22)27(24)30)13-8-19-6-11-21(12-7-19)20-9-4-18(2)5-10-20/h18-28H,3-17H2,1-2H3. The summed E-state index contributed by atoms with van der Waals surface area (Å²) < 4.78 is 50.8. The molecule has 1 nitrogen and oxygen atoms in total. The Kier molecular flexibility index (Phi) is 8.90. The number of alkyl halides is 3. The van der Waals surface area contributed by atoms with Crippen LogP contribution in [0.2, 0.25) is 0 Å². The van der Waals surface area contributed by atoms with E-state index in [0.29, 0.717) is 25.4 Å². The lowest BCUT2D eigenvalue weighted by Gasteiger charge is -2.47. The molecule has 0 aromatic heterocycles. The van der Waals surface area contributed by atoms with Gasteiger partial charge in [-0.3, -0.25) is 0 Å². The summed E-state index contributed by atoms with van der Waals surface area (Å²) in [7, 11) is 0. The van der Waals surface area contributed by atoms with E-state index in [1.165, 1.54) is 51.4 Å². The van der Waals surface area contributed by atoms with Crippen LogP contribution in [-0.2, 0) is 4.74 Å². The molecule has 0 aromatic carbocycles. The van der Waals surface area contributed by atoms with Crippen LogP contribution in [0.15, 0.2) is 0 Å². The maximum Gasteiger partial charge on any atom is 0.137 e. The average Bonchev–Trinajstić information content (AvgIpc) is 2.81. The molecule has 4 saturated carbocycles. The number of ether oxygens (including phenoxy) is 1. The molecule has 4 fully saturated rings. The Labute approximate surface area is 194 Å². The van der Waals surface area contributed by atoms with Crippen LogP contribution in [0.3, 0.4) is 0 Å². The summed E-state index contributed by atoms with van der Waals surface area (Å²) in [5, 5.41) is 0. The number of rotatable bonds is 7. The highest BCUT2D eigenvalue weighted by Crippen LogP contribution is 2.49. The van der Waals surface area contributed by atoms with Crippen LogP contribution in [0.1, 0.15) is 104 Å². The van der Waals surface area contributed by atoms with E-state index >= 15 is 13.2 Å². The molecular formula is C28H47F3O. The first-order valence-corrected chi connectivity index (χ1v) is 14.0. The third kappa shape index (κ3) is 5.69. The smallest absolute Gasteiger partial charge is 0.137 e. The van der Waals surface area contributed by atoms with Crippen LogP contribution in [0.4, 0.5) is 13.2 Å². The van der Waals surface area contributed by atoms with Crippen LogP contribution in [0, 0.1) is 41.4 Å². The summed E-state index contributed by atoms with van der Waals surface area (Å²) in [6.07, 6.45) is 10.6. The van der Waals surface area contributed by atoms with Crippen LogP contribution in [-0.4, -0.2) is 31.2 Å². The Hall–Kier alpha value is -0.250. The van der Waals surface area contributed by atoms with Gasteiger partial charge < -0.3 is 4.74 Å². The highest BCUT2D eigenvalue weighted by molar-refractivity contribution is 5.01. The van der Waals surface area contributed by atoms with Gasteiger partial charge in [0.25, 0.3) is 0 Å². The van der Waals surface area contributed by atoms with Crippen LogP contribution in [0.5, 0.6) is 0 Å². The summed E-state index contributed by atoms with van der Waals surface area (Å²) in [5.41, 5.74) is 0. The van der Waals surface area contributed by atoms with Crippen molar-refractivity contribution in [2.75, 3.05) is 6.61 Å². The molecular weight excluding hydrogens is 409 g/mol. The van der Waals surface area contributed by atoms with Gasteiger partial charge in [0.15, 0.2) is 0 Å². The van der Waals surface area contributed by atoms with Crippen molar-refractivity contribution in [3.05, 3.63) is 0 Å². The summed E-state index contributed by atoms with van der Waals surface area (Å²) in [5.74, 6) is 2.42. The molecule has 0 N–H and O–H groups in total. The van der Waals surface area contributed by atoms with Crippen LogP contribution >= 0.6 is 0 Å². The number of hydrogen-bond acceptors (Lipinski definition) is 1. The zero-order valence-corrected chi connectivity index (χ0v) is 20.5. The van der Waals surface area contributed by atoms with Gasteiger partial charge in [0.05, 0.1) is 6.10 Å². The molecule has 0 bridgehead atoms. The third-order valence-corrected chi connectivity index (χ3v) is 9.92. The van der Waals surface area contributed by atoms with Gasteiger partial charge in [-0.2, -0.15) is 0 Å². The molecule has 32 heavy (non-hydrogen) atoms. The molecule has 0 radical (unpaired) electrons. The molecule has 4 aliphatic rings. The Balaban J connectivity index is 1.22. The normalized spacial score (nSPS) is 47.7. The summed E-state index contributed by atoms with van der Waals surface area (Å²) in [4.78, 5) is 0. The molecule has 7 atom stereocenters. The Morgan fingerprint density at radius 2 is 1.31 bits per heavy atom. The quantitative estimate of drug-likeness (QED) is 0.375. The maximum absolute atomic E-state index is 15.1. The molecule has 4 heteroatoms. The molecule has 4 rings (SSSR count). The molecule has 0 heterocycles. The summed E-state index contributed by atoms with van der Waals surface area (Å²) >= 11 is 0. The first kappa shape index (κ1) is 24.9. The van der Waals surface area contributed by atoms with E-state index < -0.39 is 30.5 Å². The Morgan fingerprint density at radius 3 is 1.97 bits per heavy atom. The fraction of sp³-hybridized carbons (Fsp3) is 1.00. The third-order valence-electron chi connectivity index (χ3n) is 9.92. The lowest BCUT2D eigenvalue weighted by Crippen LogP contribution is -2.53. The lowest BCUT2D eigenvalue weighted by molar-refractivity contribution is -0.124. The average molecular weight is 457 g/mol. The minimum atomic E-state index is -1.66. The summed E-state index contributed by atoms with van der Waals surface area (Å²) in [6.45, 7) is 4.88. The predicted octanol–water partition coefficient (Wildman–Crippen LogP) is 8.25. The fourth-order valence-corrected chi connectivity index (χ4v) is 7.82. The SMILES string of the molecule is CCCOC1CCC2CC(CCC3CCC(C4CCC(C)CC4)CC3)C(F)C(F)C2C1F. The number of fused-ring (bicyclic) bond motifs is 1. The van der Waals surface area contributed by atoms with Crippen molar-refractivity contribution < 1.29 is 17.9 Å². The van der Waals surface area contributed by atoms with E-state index in [2.05, 4.69) is 6.92 Å². The van der Waals surface area contributed by atoms with Crippen LogP contribution < -0.4 is 0 Å². The van der Waals surface area contributed by atoms with Crippen molar-refractivity contribution in [1.29, 1.82) is 0 Å². The van der Waals surface area contributed by atoms with E-state index in [1.807, 2.05) is 6.92 Å². The Bertz CT molecular complexity index is 553. The molecule has 0 amide bonds. The fourth-order valence-electron chi connectivity index (χ4n) is 7.82. The van der Waals surface area contributed by atoms with Gasteiger partial charge in [0, 0.05) is 12.5 Å². The molecule has 0 saturated heterocycles. The van der Waals surface area contributed by atoms with Crippen molar-refractivity contribution in [3.8, 4) is 0 Å². The monoisotopic (exact) mass is 456 g/mol. The second-order valence-corrected chi connectivity index (χ2v) is 12.0. The van der Waals surface area contributed by atoms with Gasteiger partial charge in [-0.1, -0.05) is 46.0 Å². The maximum atomic E-state index is 15.1. The highest BCUT2D eigenvalue weighted by Gasteiger charge is 2.53. The van der Waals surface area contributed by atoms with Crippen molar-refractivity contribution in [3.63, 3.8) is 0 Å². The zero-order valence-electron chi connectivity index (χ0n) is 20.5. The van der Waals surface area contributed by atoms with E-state index in [4.69, 9.17) is 4.74 Å². The minimum absolute atomic E-state index is 0.0112. The van der Waals surface area contributed by atoms with E-state index in [0.717, 1.165) is 43.4 Å². The van der Waals surface area contributed by atoms with Crippen molar-refractivity contribution in [1.82, 2.24) is 0 Å². The molecule has 4 aliphatic carbocycles.